The van der Waals surface area contributed by atoms with Gasteiger partial charge in [0.2, 0.25) is 0 Å². The highest BCUT2D eigenvalue weighted by Crippen LogP contribution is 2.20. The van der Waals surface area contributed by atoms with Gasteiger partial charge in [0.05, 0.1) is 17.9 Å². The van der Waals surface area contributed by atoms with E-state index in [1.807, 2.05) is 37.5 Å². The molecule has 0 aliphatic carbocycles. The lowest BCUT2D eigenvalue weighted by Crippen LogP contribution is -2.30. The number of fused-ring (bicyclic) bond motifs is 1. The summed E-state index contributed by atoms with van der Waals surface area (Å²) in [5, 5.41) is 4.35. The highest BCUT2D eigenvalue weighted by Gasteiger charge is 2.23. The van der Waals surface area contributed by atoms with Crippen LogP contribution in [0.3, 0.4) is 0 Å². The zero-order chi connectivity index (χ0) is 19.4. The first-order valence-electron chi connectivity index (χ1n) is 9.27. The lowest BCUT2D eigenvalue weighted by Gasteiger charge is -2.24. The number of amides is 1. The number of rotatable bonds is 7. The Labute approximate surface area is 159 Å². The van der Waals surface area contributed by atoms with Gasteiger partial charge in [0, 0.05) is 37.7 Å². The monoisotopic (exact) mass is 366 g/mol. The zero-order valence-electron chi connectivity index (χ0n) is 16.3. The fraction of sp³-hybridized carbons (Fsp3) is 0.400. The predicted molar refractivity (Wildman–Crippen MR) is 104 cm³/mol. The summed E-state index contributed by atoms with van der Waals surface area (Å²) in [5.41, 5.74) is 2.99. The van der Waals surface area contributed by atoms with Crippen molar-refractivity contribution >= 4 is 11.6 Å². The summed E-state index contributed by atoms with van der Waals surface area (Å²) >= 11 is 0. The number of pyridine rings is 1. The van der Waals surface area contributed by atoms with Crippen molar-refractivity contribution in [2.24, 2.45) is 0 Å². The van der Waals surface area contributed by atoms with Crippen molar-refractivity contribution in [1.29, 1.82) is 0 Å². The van der Waals surface area contributed by atoms with Gasteiger partial charge in [-0.3, -0.25) is 14.7 Å². The van der Waals surface area contributed by atoms with Gasteiger partial charge in [-0.1, -0.05) is 19.9 Å². The summed E-state index contributed by atoms with van der Waals surface area (Å²) in [4.78, 5) is 25.8. The van der Waals surface area contributed by atoms with Crippen molar-refractivity contribution in [3.05, 3.63) is 59.8 Å². The first kappa shape index (κ1) is 19.0. The maximum absolute atomic E-state index is 13.0. The largest absolute Gasteiger partial charge is 0.333 e. The summed E-state index contributed by atoms with van der Waals surface area (Å²) in [6.45, 7) is 9.01. The fourth-order valence-electron chi connectivity index (χ4n) is 3.04. The van der Waals surface area contributed by atoms with Crippen LogP contribution in [0.15, 0.2) is 43.0 Å². The maximum Gasteiger partial charge on any atom is 0.259 e. The van der Waals surface area contributed by atoms with Gasteiger partial charge in [0.25, 0.3) is 5.91 Å². The summed E-state index contributed by atoms with van der Waals surface area (Å²) in [5.74, 6) is -0.118. The van der Waals surface area contributed by atoms with Crippen LogP contribution >= 0.6 is 0 Å². The van der Waals surface area contributed by atoms with E-state index in [1.165, 1.54) is 0 Å². The Morgan fingerprint density at radius 2 is 1.96 bits per heavy atom. The molecule has 1 amide bonds. The standard InChI is InChI=1S/C20H26N6O/c1-5-25(6-2)13-16-11-22-19-17(12-23-26(19)14-16)20(27)24(4)15(3)18-9-7-8-10-21-18/h7-12,14-15H,5-6,13H2,1-4H3/t15-/m1/s1. The number of aromatic nitrogens is 4. The molecule has 7 heteroatoms. The molecule has 7 nitrogen and oxygen atoms in total. The van der Waals surface area contributed by atoms with Crippen molar-refractivity contribution in [2.45, 2.75) is 33.4 Å². The van der Waals surface area contributed by atoms with E-state index in [-0.39, 0.29) is 11.9 Å². The van der Waals surface area contributed by atoms with Crippen LogP contribution in [0.25, 0.3) is 5.65 Å². The lowest BCUT2D eigenvalue weighted by atomic mass is 10.1. The number of hydrogen-bond donors (Lipinski definition) is 0. The Balaban J connectivity index is 1.83. The van der Waals surface area contributed by atoms with Crippen molar-refractivity contribution in [1.82, 2.24) is 29.4 Å². The summed E-state index contributed by atoms with van der Waals surface area (Å²) in [6, 6.07) is 5.56. The minimum Gasteiger partial charge on any atom is -0.333 e. The summed E-state index contributed by atoms with van der Waals surface area (Å²) in [7, 11) is 1.78. The predicted octanol–water partition coefficient (Wildman–Crippen LogP) is 2.80. The molecule has 142 valence electrons. The minimum absolute atomic E-state index is 0.118. The Kier molecular flexibility index (Phi) is 5.81. The van der Waals surface area contributed by atoms with E-state index in [0.29, 0.717) is 11.2 Å². The Hall–Kier alpha value is -2.80. The van der Waals surface area contributed by atoms with E-state index >= 15 is 0 Å². The second-order valence-electron chi connectivity index (χ2n) is 6.60. The van der Waals surface area contributed by atoms with E-state index in [2.05, 4.69) is 33.8 Å². The van der Waals surface area contributed by atoms with Crippen LogP contribution in [0.5, 0.6) is 0 Å². The third-order valence-corrected chi connectivity index (χ3v) is 4.96. The Bertz CT molecular complexity index is 903. The molecule has 0 bridgehead atoms. The zero-order valence-corrected chi connectivity index (χ0v) is 16.3. The topological polar surface area (TPSA) is 66.6 Å². The number of hydrogen-bond acceptors (Lipinski definition) is 5. The van der Waals surface area contributed by atoms with Gasteiger partial charge in [-0.2, -0.15) is 5.10 Å². The van der Waals surface area contributed by atoms with Gasteiger partial charge in [-0.25, -0.2) is 9.50 Å². The molecule has 0 aromatic carbocycles. The Morgan fingerprint density at radius 3 is 2.63 bits per heavy atom. The lowest BCUT2D eigenvalue weighted by molar-refractivity contribution is 0.0741. The molecule has 3 aromatic rings. The summed E-state index contributed by atoms with van der Waals surface area (Å²) < 4.78 is 1.69. The van der Waals surface area contributed by atoms with Crippen molar-refractivity contribution in [2.75, 3.05) is 20.1 Å². The molecular weight excluding hydrogens is 340 g/mol. The van der Waals surface area contributed by atoms with Crippen LogP contribution in [0.4, 0.5) is 0 Å². The van der Waals surface area contributed by atoms with Crippen LogP contribution in [0.1, 0.15) is 48.4 Å². The van der Waals surface area contributed by atoms with Crippen molar-refractivity contribution < 1.29 is 4.79 Å². The molecule has 3 heterocycles. The molecule has 0 spiro atoms. The van der Waals surface area contributed by atoms with Crippen LogP contribution in [-0.2, 0) is 6.54 Å². The van der Waals surface area contributed by atoms with Gasteiger partial charge in [0.1, 0.15) is 5.56 Å². The first-order valence-corrected chi connectivity index (χ1v) is 9.27. The van der Waals surface area contributed by atoms with E-state index in [9.17, 15) is 4.79 Å². The van der Waals surface area contributed by atoms with Crippen LogP contribution < -0.4 is 0 Å². The van der Waals surface area contributed by atoms with Gasteiger partial charge in [0.15, 0.2) is 5.65 Å². The third-order valence-electron chi connectivity index (χ3n) is 4.96. The normalized spacial score (nSPS) is 12.5. The molecule has 0 saturated carbocycles. The molecule has 3 aromatic heterocycles. The van der Waals surface area contributed by atoms with Gasteiger partial charge in [-0.05, 0) is 32.1 Å². The number of nitrogens with zero attached hydrogens (tertiary/aromatic N) is 6. The molecule has 3 rings (SSSR count). The molecule has 0 aliphatic heterocycles. The van der Waals surface area contributed by atoms with Crippen molar-refractivity contribution in [3.8, 4) is 0 Å². The van der Waals surface area contributed by atoms with Crippen LogP contribution in [0.2, 0.25) is 0 Å². The fourth-order valence-corrected chi connectivity index (χ4v) is 3.04. The first-order chi connectivity index (χ1) is 13.0. The third kappa shape index (κ3) is 3.98. The number of carbonyl (C=O) groups excluding carboxylic acids is 1. The minimum atomic E-state index is -0.143. The molecule has 1 atom stereocenters. The molecule has 0 fully saturated rings. The SMILES string of the molecule is CCN(CC)Cc1cnc2c(C(=O)N(C)[C@H](C)c3ccccn3)cnn2c1. The highest BCUT2D eigenvalue weighted by molar-refractivity contribution is 5.99. The van der Waals surface area contributed by atoms with Crippen LogP contribution in [0, 0.1) is 0 Å². The molecule has 0 unspecified atom stereocenters. The second-order valence-corrected chi connectivity index (χ2v) is 6.60. The van der Waals surface area contributed by atoms with E-state index in [0.717, 1.165) is 30.9 Å². The number of carbonyl (C=O) groups is 1. The van der Waals surface area contributed by atoms with Gasteiger partial charge in [-0.15, -0.1) is 0 Å². The van der Waals surface area contributed by atoms with Gasteiger partial charge < -0.3 is 4.90 Å². The molecule has 0 aliphatic rings. The average molecular weight is 366 g/mol. The van der Waals surface area contributed by atoms with Crippen LogP contribution in [-0.4, -0.2) is 55.4 Å². The summed E-state index contributed by atoms with van der Waals surface area (Å²) in [6.07, 6.45) is 7.10. The quantitative estimate of drug-likeness (QED) is 0.643. The molecule has 0 N–H and O–H groups in total. The Morgan fingerprint density at radius 1 is 1.19 bits per heavy atom. The molecule has 0 saturated heterocycles. The molecular formula is C20H26N6O. The highest BCUT2D eigenvalue weighted by atomic mass is 16.2. The van der Waals surface area contributed by atoms with E-state index < -0.39 is 0 Å². The smallest absolute Gasteiger partial charge is 0.259 e. The molecule has 0 radical (unpaired) electrons. The maximum atomic E-state index is 13.0. The molecule has 27 heavy (non-hydrogen) atoms. The van der Waals surface area contributed by atoms with E-state index in [4.69, 9.17) is 0 Å². The van der Waals surface area contributed by atoms with Gasteiger partial charge >= 0.3 is 0 Å². The average Bonchev–Trinajstić information content (AvgIpc) is 3.14. The van der Waals surface area contributed by atoms with Crippen molar-refractivity contribution in [3.63, 3.8) is 0 Å². The van der Waals surface area contributed by atoms with E-state index in [1.54, 1.807) is 28.9 Å². The second kappa shape index (κ2) is 8.26.